The monoisotopic (exact) mass is 415 g/mol. The molecule has 2 N–H and O–H groups in total. The van der Waals surface area contributed by atoms with Gasteiger partial charge in [-0.1, -0.05) is 23.8 Å². The van der Waals surface area contributed by atoms with Crippen LogP contribution in [0.1, 0.15) is 29.9 Å². The molecule has 0 fully saturated rings. The highest BCUT2D eigenvalue weighted by Crippen LogP contribution is 2.32. The lowest BCUT2D eigenvalue weighted by Crippen LogP contribution is -2.12. The molecule has 4 aromatic rings. The number of imidazole rings is 1. The van der Waals surface area contributed by atoms with Crippen molar-refractivity contribution in [1.29, 1.82) is 0 Å². The second-order valence-electron chi connectivity index (χ2n) is 7.27. The Balaban J connectivity index is 1.71. The molecule has 3 aromatic heterocycles. The minimum Gasteiger partial charge on any atom is -0.360 e. The first kappa shape index (κ1) is 20.1. The normalized spacial score (nSPS) is 11.8. The molecular formula is C22H21N7O2. The second-order valence-corrected chi connectivity index (χ2v) is 7.27. The van der Waals surface area contributed by atoms with Crippen molar-refractivity contribution in [3.8, 4) is 22.6 Å². The quantitative estimate of drug-likeness (QED) is 0.348. The zero-order chi connectivity index (χ0) is 22.0. The van der Waals surface area contributed by atoms with Crippen LogP contribution in [0, 0.1) is 24.0 Å². The number of pyridine rings is 1. The molecule has 0 spiro atoms. The van der Waals surface area contributed by atoms with E-state index in [-0.39, 0.29) is 11.7 Å². The molecule has 0 radical (unpaired) electrons. The zero-order valence-corrected chi connectivity index (χ0v) is 17.3. The molecule has 9 nitrogen and oxygen atoms in total. The van der Waals surface area contributed by atoms with Crippen molar-refractivity contribution >= 4 is 11.5 Å². The largest absolute Gasteiger partial charge is 0.360 e. The summed E-state index contributed by atoms with van der Waals surface area (Å²) in [6, 6.07) is 8.92. The Kier molecular flexibility index (Phi) is 5.40. The van der Waals surface area contributed by atoms with Gasteiger partial charge < -0.3 is 10.3 Å². The molecule has 4 rings (SSSR count). The summed E-state index contributed by atoms with van der Waals surface area (Å²) in [6.07, 6.45) is 6.44. The number of aromatic nitrogens is 5. The van der Waals surface area contributed by atoms with Crippen molar-refractivity contribution in [2.24, 2.45) is 0 Å². The third kappa shape index (κ3) is 4.25. The Labute approximate surface area is 178 Å². The fraction of sp³-hybridized carbons (Fsp3) is 0.182. The maximum Gasteiger partial charge on any atom is 0.287 e. The first-order valence-corrected chi connectivity index (χ1v) is 9.73. The SMILES string of the molecule is Cc1ccc(-c2nc(C(C)Nc3ccc([N+](=O)[O-])cn3)ncc2-c2ncc[nH]2)c(C)c1. The topological polar surface area (TPSA) is 123 Å². The van der Waals surface area contributed by atoms with Crippen LogP contribution < -0.4 is 5.32 Å². The number of aromatic amines is 1. The predicted octanol–water partition coefficient (Wildman–Crippen LogP) is 4.63. The van der Waals surface area contributed by atoms with E-state index in [1.54, 1.807) is 24.7 Å². The van der Waals surface area contributed by atoms with E-state index in [0.29, 0.717) is 17.5 Å². The van der Waals surface area contributed by atoms with Crippen LogP contribution in [-0.4, -0.2) is 29.8 Å². The van der Waals surface area contributed by atoms with Gasteiger partial charge in [-0.05, 0) is 32.4 Å². The van der Waals surface area contributed by atoms with E-state index in [9.17, 15) is 10.1 Å². The number of anilines is 1. The van der Waals surface area contributed by atoms with Crippen molar-refractivity contribution in [2.75, 3.05) is 5.32 Å². The summed E-state index contributed by atoms with van der Waals surface area (Å²) in [5.41, 5.74) is 4.81. The molecule has 0 aliphatic heterocycles. The van der Waals surface area contributed by atoms with E-state index in [0.717, 1.165) is 22.4 Å². The highest BCUT2D eigenvalue weighted by atomic mass is 16.6. The number of benzene rings is 1. The molecule has 156 valence electrons. The van der Waals surface area contributed by atoms with Crippen LogP contribution in [0.25, 0.3) is 22.6 Å². The number of hydrogen-bond donors (Lipinski definition) is 2. The molecule has 0 aliphatic rings. The van der Waals surface area contributed by atoms with Gasteiger partial charge in [-0.15, -0.1) is 0 Å². The minimum absolute atomic E-state index is 0.0608. The Morgan fingerprint density at radius 2 is 1.90 bits per heavy atom. The number of aryl methyl sites for hydroxylation is 2. The van der Waals surface area contributed by atoms with Gasteiger partial charge in [-0.2, -0.15) is 0 Å². The maximum atomic E-state index is 10.8. The average Bonchev–Trinajstić information content (AvgIpc) is 3.28. The van der Waals surface area contributed by atoms with E-state index in [4.69, 9.17) is 4.98 Å². The fourth-order valence-corrected chi connectivity index (χ4v) is 3.34. The molecule has 0 saturated heterocycles. The van der Waals surface area contributed by atoms with Gasteiger partial charge in [0.15, 0.2) is 5.82 Å². The third-order valence-electron chi connectivity index (χ3n) is 4.91. The van der Waals surface area contributed by atoms with Crippen molar-refractivity contribution in [1.82, 2.24) is 24.9 Å². The molecule has 1 atom stereocenters. The van der Waals surface area contributed by atoms with E-state index in [2.05, 4.69) is 57.3 Å². The second kappa shape index (κ2) is 8.31. The highest BCUT2D eigenvalue weighted by Gasteiger charge is 2.18. The number of hydrogen-bond acceptors (Lipinski definition) is 7. The average molecular weight is 415 g/mol. The van der Waals surface area contributed by atoms with Crippen LogP contribution in [0.5, 0.6) is 0 Å². The van der Waals surface area contributed by atoms with E-state index in [1.165, 1.54) is 17.8 Å². The van der Waals surface area contributed by atoms with Gasteiger partial charge in [-0.25, -0.2) is 19.9 Å². The number of rotatable bonds is 6. The molecule has 31 heavy (non-hydrogen) atoms. The lowest BCUT2D eigenvalue weighted by molar-refractivity contribution is -0.385. The first-order valence-electron chi connectivity index (χ1n) is 9.73. The molecule has 0 aliphatic carbocycles. The van der Waals surface area contributed by atoms with Crippen LogP contribution in [0.3, 0.4) is 0 Å². The number of nitrogens with zero attached hydrogens (tertiary/aromatic N) is 5. The Bertz CT molecular complexity index is 1220. The van der Waals surface area contributed by atoms with Gasteiger partial charge in [-0.3, -0.25) is 10.1 Å². The molecule has 0 saturated carbocycles. The van der Waals surface area contributed by atoms with Crippen LogP contribution >= 0.6 is 0 Å². The highest BCUT2D eigenvalue weighted by molar-refractivity contribution is 5.78. The molecule has 3 heterocycles. The molecule has 1 aromatic carbocycles. The summed E-state index contributed by atoms with van der Waals surface area (Å²) in [6.45, 7) is 6.02. The van der Waals surface area contributed by atoms with Crippen molar-refractivity contribution < 1.29 is 4.92 Å². The Morgan fingerprint density at radius 3 is 2.55 bits per heavy atom. The van der Waals surface area contributed by atoms with Gasteiger partial charge >= 0.3 is 0 Å². The molecule has 1 unspecified atom stereocenters. The predicted molar refractivity (Wildman–Crippen MR) is 117 cm³/mol. The summed E-state index contributed by atoms with van der Waals surface area (Å²) >= 11 is 0. The first-order chi connectivity index (χ1) is 14.9. The molecule has 0 amide bonds. The summed E-state index contributed by atoms with van der Waals surface area (Å²) in [5, 5.41) is 14.0. The lowest BCUT2D eigenvalue weighted by atomic mass is 9.99. The van der Waals surface area contributed by atoms with Crippen molar-refractivity contribution in [3.05, 3.63) is 82.2 Å². The van der Waals surface area contributed by atoms with Gasteiger partial charge in [0.2, 0.25) is 0 Å². The van der Waals surface area contributed by atoms with Gasteiger partial charge in [0.05, 0.1) is 22.2 Å². The number of nitro groups is 1. The van der Waals surface area contributed by atoms with Crippen LogP contribution in [0.15, 0.2) is 55.1 Å². The maximum absolute atomic E-state index is 10.8. The molecule has 0 bridgehead atoms. The zero-order valence-electron chi connectivity index (χ0n) is 17.3. The van der Waals surface area contributed by atoms with Crippen LogP contribution in [0.4, 0.5) is 11.5 Å². The lowest BCUT2D eigenvalue weighted by Gasteiger charge is -2.16. The standard InChI is InChI=1S/C22H21N7O2/c1-13-4-6-17(14(2)10-13)20-18(22-23-8-9-24-22)12-26-21(28-20)15(3)27-19-7-5-16(11-25-19)29(30)31/h4-12,15H,1-3H3,(H,23,24)(H,25,27). The van der Waals surface area contributed by atoms with Gasteiger partial charge in [0.1, 0.15) is 17.8 Å². The smallest absolute Gasteiger partial charge is 0.287 e. The Morgan fingerprint density at radius 1 is 1.06 bits per heavy atom. The summed E-state index contributed by atoms with van der Waals surface area (Å²) in [4.78, 5) is 31.3. The van der Waals surface area contributed by atoms with Crippen LogP contribution in [0.2, 0.25) is 0 Å². The summed E-state index contributed by atoms with van der Waals surface area (Å²) in [5.74, 6) is 1.77. The van der Waals surface area contributed by atoms with Crippen molar-refractivity contribution in [3.63, 3.8) is 0 Å². The van der Waals surface area contributed by atoms with Crippen molar-refractivity contribution in [2.45, 2.75) is 26.8 Å². The molecule has 9 heteroatoms. The molecular weight excluding hydrogens is 394 g/mol. The fourth-order valence-electron chi connectivity index (χ4n) is 3.34. The minimum atomic E-state index is -0.479. The Hall–Kier alpha value is -4.14. The van der Waals surface area contributed by atoms with E-state index >= 15 is 0 Å². The van der Waals surface area contributed by atoms with Crippen LogP contribution in [-0.2, 0) is 0 Å². The number of nitrogens with one attached hydrogen (secondary N) is 2. The number of H-pyrrole nitrogens is 1. The third-order valence-corrected chi connectivity index (χ3v) is 4.91. The van der Waals surface area contributed by atoms with E-state index in [1.807, 2.05) is 6.92 Å². The summed E-state index contributed by atoms with van der Waals surface area (Å²) < 4.78 is 0. The van der Waals surface area contributed by atoms with Gasteiger partial charge in [0.25, 0.3) is 5.69 Å². The van der Waals surface area contributed by atoms with E-state index < -0.39 is 4.92 Å². The van der Waals surface area contributed by atoms with Gasteiger partial charge in [0, 0.05) is 30.2 Å². The summed E-state index contributed by atoms with van der Waals surface area (Å²) in [7, 11) is 0.